The summed E-state index contributed by atoms with van der Waals surface area (Å²) in [6.07, 6.45) is 1.90. The van der Waals surface area contributed by atoms with Crippen LogP contribution in [0.25, 0.3) is 0 Å². The van der Waals surface area contributed by atoms with Crippen molar-refractivity contribution in [1.29, 1.82) is 0 Å². The summed E-state index contributed by atoms with van der Waals surface area (Å²) >= 11 is 0. The third-order valence-corrected chi connectivity index (χ3v) is 1.21. The first-order chi connectivity index (χ1) is 4.31. The predicted molar refractivity (Wildman–Crippen MR) is 35.9 cm³/mol. The Hall–Kier alpha value is -0.0800. The zero-order valence-corrected chi connectivity index (χ0v) is 6.22. The van der Waals surface area contributed by atoms with Gasteiger partial charge in [-0.05, 0) is 26.7 Å². The topological polar surface area (TPSA) is 29.1 Å². The summed E-state index contributed by atoms with van der Waals surface area (Å²) in [7, 11) is 0. The van der Waals surface area contributed by atoms with Crippen molar-refractivity contribution < 1.29 is 9.84 Å². The van der Waals surface area contributed by atoms with Crippen molar-refractivity contribution in [2.45, 2.75) is 32.8 Å². The van der Waals surface area contributed by atoms with Crippen LogP contribution in [0.15, 0.2) is 0 Å². The Morgan fingerprint density at radius 1 is 1.56 bits per heavy atom. The fourth-order valence-electron chi connectivity index (χ4n) is 0.739. The lowest BCUT2D eigenvalue weighted by atomic mass is 10.2. The molecule has 2 heteroatoms. The largest absolute Gasteiger partial charge is 0.379 e. The summed E-state index contributed by atoms with van der Waals surface area (Å²) in [5.74, 6) is 0. The Kier molecular flexibility index (Phi) is 5.99. The second kappa shape index (κ2) is 6.05. The Morgan fingerprint density at radius 2 is 2.22 bits per heavy atom. The van der Waals surface area contributed by atoms with E-state index in [-0.39, 0.29) is 12.7 Å². The molecule has 0 fully saturated rings. The van der Waals surface area contributed by atoms with Crippen LogP contribution in [0, 0.1) is 0 Å². The fraction of sp³-hybridized carbons (Fsp3) is 1.00. The lowest BCUT2D eigenvalue weighted by Gasteiger charge is -2.08. The highest BCUT2D eigenvalue weighted by Crippen LogP contribution is 1.99. The molecular weight excluding hydrogens is 116 g/mol. The molecule has 0 aliphatic rings. The van der Waals surface area contributed by atoms with Crippen molar-refractivity contribution >= 4 is 0 Å². The van der Waals surface area contributed by atoms with Crippen LogP contribution in [-0.2, 0) is 9.84 Å². The first-order valence-corrected chi connectivity index (χ1v) is 3.51. The van der Waals surface area contributed by atoms with Gasteiger partial charge in [0, 0.05) is 6.61 Å². The third kappa shape index (κ3) is 5.80. The molecule has 0 bridgehead atoms. The van der Waals surface area contributed by atoms with Crippen molar-refractivity contribution in [3.05, 3.63) is 0 Å². The zero-order valence-electron chi connectivity index (χ0n) is 6.22. The second-order valence-corrected chi connectivity index (χ2v) is 2.11. The van der Waals surface area contributed by atoms with Crippen LogP contribution in [0.5, 0.6) is 0 Å². The molecule has 55 valence electrons. The van der Waals surface area contributed by atoms with Crippen molar-refractivity contribution in [3.8, 4) is 0 Å². The molecule has 1 radical (unpaired) electrons. The van der Waals surface area contributed by atoms with E-state index in [0.717, 1.165) is 19.4 Å². The molecule has 0 N–H and O–H groups in total. The van der Waals surface area contributed by atoms with Crippen LogP contribution >= 0.6 is 0 Å². The molecule has 0 heterocycles. The van der Waals surface area contributed by atoms with Gasteiger partial charge in [-0.25, -0.2) is 5.11 Å². The van der Waals surface area contributed by atoms with Crippen molar-refractivity contribution in [1.82, 2.24) is 0 Å². The van der Waals surface area contributed by atoms with Crippen LogP contribution in [0.2, 0.25) is 0 Å². The minimum absolute atomic E-state index is 0.0252. The monoisotopic (exact) mass is 131 g/mol. The van der Waals surface area contributed by atoms with Gasteiger partial charge in [0.2, 0.25) is 0 Å². The Morgan fingerprint density at radius 3 is 2.67 bits per heavy atom. The van der Waals surface area contributed by atoms with Gasteiger partial charge in [-0.3, -0.25) is 0 Å². The molecule has 0 spiro atoms. The minimum atomic E-state index is 0.0252. The summed E-state index contributed by atoms with van der Waals surface area (Å²) in [4.78, 5) is 0. The highest BCUT2D eigenvalue weighted by molar-refractivity contribution is 4.48. The van der Waals surface area contributed by atoms with E-state index < -0.39 is 0 Å². The van der Waals surface area contributed by atoms with Gasteiger partial charge < -0.3 is 4.74 Å². The maximum atomic E-state index is 9.98. The summed E-state index contributed by atoms with van der Waals surface area (Å²) in [6, 6.07) is 0. The van der Waals surface area contributed by atoms with Gasteiger partial charge >= 0.3 is 0 Å². The van der Waals surface area contributed by atoms with Crippen LogP contribution < -0.4 is 0 Å². The third-order valence-electron chi connectivity index (χ3n) is 1.21. The van der Waals surface area contributed by atoms with Crippen molar-refractivity contribution in [2.24, 2.45) is 0 Å². The van der Waals surface area contributed by atoms with Gasteiger partial charge in [-0.1, -0.05) is 0 Å². The van der Waals surface area contributed by atoms with E-state index in [4.69, 9.17) is 4.74 Å². The predicted octanol–water partition coefficient (Wildman–Crippen LogP) is 1.62. The maximum Gasteiger partial charge on any atom is 0.0823 e. The quantitative estimate of drug-likeness (QED) is 0.557. The molecule has 0 aromatic carbocycles. The minimum Gasteiger partial charge on any atom is -0.379 e. The average Bonchev–Trinajstić information content (AvgIpc) is 1.85. The van der Waals surface area contributed by atoms with Gasteiger partial charge in [-0.2, -0.15) is 0 Å². The van der Waals surface area contributed by atoms with Crippen LogP contribution in [0.1, 0.15) is 26.7 Å². The number of hydrogen-bond donors (Lipinski definition) is 0. The van der Waals surface area contributed by atoms with E-state index in [0.29, 0.717) is 0 Å². The lowest BCUT2D eigenvalue weighted by molar-refractivity contribution is 0.0607. The fourth-order valence-corrected chi connectivity index (χ4v) is 0.739. The molecule has 0 rings (SSSR count). The van der Waals surface area contributed by atoms with Crippen molar-refractivity contribution in [3.63, 3.8) is 0 Å². The molecule has 0 aliphatic heterocycles. The number of ether oxygens (including phenoxy) is 1. The summed E-state index contributed by atoms with van der Waals surface area (Å²) < 4.78 is 5.20. The van der Waals surface area contributed by atoms with E-state index in [1.165, 1.54) is 0 Å². The Labute approximate surface area is 56.8 Å². The number of rotatable bonds is 5. The zero-order chi connectivity index (χ0) is 7.11. The van der Waals surface area contributed by atoms with Gasteiger partial charge in [0.15, 0.2) is 0 Å². The van der Waals surface area contributed by atoms with Crippen LogP contribution in [0.4, 0.5) is 0 Å². The molecule has 0 saturated carbocycles. The molecule has 1 unspecified atom stereocenters. The SMILES string of the molecule is CCOC(C)CCC[O]. The van der Waals surface area contributed by atoms with Crippen LogP contribution in [-0.4, -0.2) is 19.3 Å². The molecule has 0 aliphatic carbocycles. The standard InChI is InChI=1S/C7H15O2/c1-3-9-7(2)5-4-6-8/h7H,3-6H2,1-2H3. The second-order valence-electron chi connectivity index (χ2n) is 2.11. The van der Waals surface area contributed by atoms with E-state index in [1.807, 2.05) is 13.8 Å². The van der Waals surface area contributed by atoms with E-state index in [1.54, 1.807) is 0 Å². The summed E-state index contributed by atoms with van der Waals surface area (Å²) in [5, 5.41) is 9.98. The smallest absolute Gasteiger partial charge is 0.0823 e. The molecule has 0 aromatic heterocycles. The highest BCUT2D eigenvalue weighted by atomic mass is 16.5. The first-order valence-electron chi connectivity index (χ1n) is 3.51. The van der Waals surface area contributed by atoms with E-state index in [2.05, 4.69) is 0 Å². The number of hydrogen-bond acceptors (Lipinski definition) is 1. The molecule has 1 atom stereocenters. The highest BCUT2D eigenvalue weighted by Gasteiger charge is 1.98. The Balaban J connectivity index is 2.95. The van der Waals surface area contributed by atoms with E-state index in [9.17, 15) is 5.11 Å². The molecular formula is C7H15O2. The molecule has 0 saturated heterocycles. The molecule has 0 aromatic rings. The molecule has 0 amide bonds. The molecule has 9 heavy (non-hydrogen) atoms. The average molecular weight is 131 g/mol. The van der Waals surface area contributed by atoms with Gasteiger partial charge in [0.1, 0.15) is 0 Å². The van der Waals surface area contributed by atoms with Gasteiger partial charge in [0.05, 0.1) is 12.7 Å². The lowest BCUT2D eigenvalue weighted by Crippen LogP contribution is -2.07. The van der Waals surface area contributed by atoms with E-state index >= 15 is 0 Å². The Bertz CT molecular complexity index is 54.9. The van der Waals surface area contributed by atoms with Gasteiger partial charge in [-0.15, -0.1) is 0 Å². The van der Waals surface area contributed by atoms with Crippen molar-refractivity contribution in [2.75, 3.05) is 13.2 Å². The first kappa shape index (κ1) is 8.92. The van der Waals surface area contributed by atoms with Crippen LogP contribution in [0.3, 0.4) is 0 Å². The summed E-state index contributed by atoms with van der Waals surface area (Å²) in [5.41, 5.74) is 0. The normalized spacial score (nSPS) is 13.7. The summed E-state index contributed by atoms with van der Waals surface area (Å²) in [6.45, 7) is 4.74. The molecule has 2 nitrogen and oxygen atoms in total. The van der Waals surface area contributed by atoms with Gasteiger partial charge in [0.25, 0.3) is 0 Å². The maximum absolute atomic E-state index is 9.98.